The van der Waals surface area contributed by atoms with Gasteiger partial charge < -0.3 is 10.0 Å². The molecule has 128 valence electrons. The van der Waals surface area contributed by atoms with Gasteiger partial charge in [0.1, 0.15) is 5.75 Å². The number of phenolic OH excluding ortho intramolecular Hbond substituents is 1. The van der Waals surface area contributed by atoms with Crippen LogP contribution in [0.3, 0.4) is 0 Å². The van der Waals surface area contributed by atoms with Gasteiger partial charge >= 0.3 is 0 Å². The number of hydrogen-bond donors (Lipinski definition) is 1. The topological polar surface area (TPSA) is 40.5 Å². The van der Waals surface area contributed by atoms with Crippen molar-refractivity contribution in [1.29, 1.82) is 0 Å². The number of nitrogens with zero attached hydrogens (tertiary/aromatic N) is 1. The summed E-state index contributed by atoms with van der Waals surface area (Å²) in [5.74, 6) is 0.570. The van der Waals surface area contributed by atoms with Crippen LogP contribution < -0.4 is 4.90 Å². The minimum atomic E-state index is 0.184. The van der Waals surface area contributed by atoms with Crippen molar-refractivity contribution in [3.05, 3.63) is 45.1 Å². The molecule has 1 aromatic carbocycles. The molecule has 3 nitrogen and oxygen atoms in total. The number of benzene rings is 1. The first kappa shape index (κ1) is 17.0. The van der Waals surface area contributed by atoms with Gasteiger partial charge in [-0.05, 0) is 68.2 Å². The number of carbonyl (C=O) groups is 1. The monoisotopic (exact) mass is 343 g/mol. The average molecular weight is 343 g/mol. The lowest BCUT2D eigenvalue weighted by molar-refractivity contribution is 0.0986. The number of thiophene rings is 1. The summed E-state index contributed by atoms with van der Waals surface area (Å²) in [4.78, 5) is 15.5. The molecular formula is C20H25NO2S. The molecule has 0 amide bonds. The SMILES string of the molecule is Cc1c(CCC(=O)c2cccs2)cc(N2CCCCC2)c(C)c1O. The number of rotatable bonds is 5. The number of phenols is 1. The van der Waals surface area contributed by atoms with E-state index in [1.54, 1.807) is 0 Å². The van der Waals surface area contributed by atoms with Crippen molar-refractivity contribution < 1.29 is 9.90 Å². The van der Waals surface area contributed by atoms with Crippen molar-refractivity contribution in [2.24, 2.45) is 0 Å². The van der Waals surface area contributed by atoms with E-state index in [0.29, 0.717) is 18.6 Å². The van der Waals surface area contributed by atoms with Gasteiger partial charge in [0.2, 0.25) is 0 Å². The van der Waals surface area contributed by atoms with E-state index in [0.717, 1.165) is 40.3 Å². The third-order valence-electron chi connectivity index (χ3n) is 5.00. The molecule has 1 aromatic heterocycles. The van der Waals surface area contributed by atoms with Crippen LogP contribution in [0.15, 0.2) is 23.6 Å². The Morgan fingerprint density at radius 2 is 1.96 bits per heavy atom. The van der Waals surface area contributed by atoms with E-state index in [-0.39, 0.29) is 5.78 Å². The highest BCUT2D eigenvalue weighted by Gasteiger charge is 2.19. The zero-order valence-electron chi connectivity index (χ0n) is 14.5. The van der Waals surface area contributed by atoms with E-state index in [4.69, 9.17) is 0 Å². The highest BCUT2D eigenvalue weighted by Crippen LogP contribution is 2.35. The van der Waals surface area contributed by atoms with Crippen molar-refractivity contribution in [3.8, 4) is 5.75 Å². The normalized spacial score (nSPS) is 14.8. The van der Waals surface area contributed by atoms with Gasteiger partial charge in [0.15, 0.2) is 5.78 Å². The quantitative estimate of drug-likeness (QED) is 0.787. The first-order chi connectivity index (χ1) is 11.6. The number of carbonyl (C=O) groups excluding carboxylic acids is 1. The molecule has 3 rings (SSSR count). The Labute approximate surface area is 147 Å². The molecular weight excluding hydrogens is 318 g/mol. The molecule has 1 aliphatic heterocycles. The van der Waals surface area contributed by atoms with Crippen LogP contribution in [0.1, 0.15) is 52.0 Å². The molecule has 0 aliphatic carbocycles. The van der Waals surface area contributed by atoms with E-state index in [2.05, 4.69) is 11.0 Å². The molecule has 2 heterocycles. The van der Waals surface area contributed by atoms with Crippen LogP contribution in [-0.4, -0.2) is 24.0 Å². The third-order valence-corrected chi connectivity index (χ3v) is 5.91. The molecule has 1 aliphatic rings. The second kappa shape index (κ2) is 7.39. The molecule has 4 heteroatoms. The van der Waals surface area contributed by atoms with Crippen LogP contribution in [-0.2, 0) is 6.42 Å². The van der Waals surface area contributed by atoms with Gasteiger partial charge in [-0.15, -0.1) is 11.3 Å². The van der Waals surface area contributed by atoms with Gasteiger partial charge in [0.25, 0.3) is 0 Å². The van der Waals surface area contributed by atoms with Crippen molar-refractivity contribution in [2.45, 2.75) is 46.0 Å². The highest BCUT2D eigenvalue weighted by atomic mass is 32.1. The minimum Gasteiger partial charge on any atom is -0.507 e. The summed E-state index contributed by atoms with van der Waals surface area (Å²) in [6.07, 6.45) is 4.87. The van der Waals surface area contributed by atoms with Gasteiger partial charge in [-0.3, -0.25) is 4.79 Å². The summed E-state index contributed by atoms with van der Waals surface area (Å²) in [6.45, 7) is 6.05. The fraction of sp³-hybridized carbons (Fsp3) is 0.450. The summed E-state index contributed by atoms with van der Waals surface area (Å²) in [5, 5.41) is 12.5. The van der Waals surface area contributed by atoms with Crippen molar-refractivity contribution >= 4 is 22.8 Å². The van der Waals surface area contributed by atoms with Crippen molar-refractivity contribution in [1.82, 2.24) is 0 Å². The van der Waals surface area contributed by atoms with E-state index >= 15 is 0 Å². The lowest BCUT2D eigenvalue weighted by Crippen LogP contribution is -2.30. The number of aromatic hydroxyl groups is 1. The number of ketones is 1. The number of hydrogen-bond acceptors (Lipinski definition) is 4. The Morgan fingerprint density at radius 1 is 1.21 bits per heavy atom. The molecule has 0 spiro atoms. The van der Waals surface area contributed by atoms with Crippen LogP contribution in [0.2, 0.25) is 0 Å². The van der Waals surface area contributed by atoms with E-state index in [1.165, 1.54) is 30.6 Å². The lowest BCUT2D eigenvalue weighted by Gasteiger charge is -2.31. The largest absolute Gasteiger partial charge is 0.507 e. The predicted octanol–water partition coefficient (Wildman–Crippen LogP) is 4.88. The number of aryl methyl sites for hydroxylation is 1. The van der Waals surface area contributed by atoms with Crippen LogP contribution in [0.4, 0.5) is 5.69 Å². The molecule has 1 saturated heterocycles. The standard InChI is InChI=1S/C20H25NO2S/c1-14-16(8-9-18(22)19-7-6-12-24-19)13-17(15(2)20(14)23)21-10-4-3-5-11-21/h6-7,12-13,23H,3-5,8-11H2,1-2H3. The van der Waals surface area contributed by atoms with E-state index < -0.39 is 0 Å². The summed E-state index contributed by atoms with van der Waals surface area (Å²) in [5.41, 5.74) is 4.09. The third kappa shape index (κ3) is 3.48. The second-order valence-electron chi connectivity index (χ2n) is 6.60. The van der Waals surface area contributed by atoms with Gasteiger partial charge in [-0.25, -0.2) is 0 Å². The Hall–Kier alpha value is -1.81. The Kier molecular flexibility index (Phi) is 5.24. The zero-order chi connectivity index (χ0) is 17.1. The zero-order valence-corrected chi connectivity index (χ0v) is 15.3. The summed E-state index contributed by atoms with van der Waals surface area (Å²) >= 11 is 1.49. The second-order valence-corrected chi connectivity index (χ2v) is 7.55. The fourth-order valence-electron chi connectivity index (χ4n) is 3.47. The smallest absolute Gasteiger partial charge is 0.173 e. The van der Waals surface area contributed by atoms with Gasteiger partial charge in [0.05, 0.1) is 4.88 Å². The number of Topliss-reactive ketones (excluding diaryl/α,β-unsaturated/α-hetero) is 1. The Balaban J connectivity index is 1.81. The molecule has 24 heavy (non-hydrogen) atoms. The maximum Gasteiger partial charge on any atom is 0.173 e. The van der Waals surface area contributed by atoms with Crippen LogP contribution in [0.25, 0.3) is 0 Å². The fourth-order valence-corrected chi connectivity index (χ4v) is 4.16. The van der Waals surface area contributed by atoms with Gasteiger partial charge in [-0.2, -0.15) is 0 Å². The average Bonchev–Trinajstić information content (AvgIpc) is 3.14. The predicted molar refractivity (Wildman–Crippen MR) is 101 cm³/mol. The Bertz CT molecular complexity index is 716. The molecule has 0 radical (unpaired) electrons. The molecule has 2 aromatic rings. The summed E-state index contributed by atoms with van der Waals surface area (Å²) in [7, 11) is 0. The van der Waals surface area contributed by atoms with Crippen LogP contribution in [0, 0.1) is 13.8 Å². The lowest BCUT2D eigenvalue weighted by atomic mass is 9.96. The highest BCUT2D eigenvalue weighted by molar-refractivity contribution is 7.12. The Morgan fingerprint density at radius 3 is 2.62 bits per heavy atom. The van der Waals surface area contributed by atoms with Gasteiger partial charge in [-0.1, -0.05) is 6.07 Å². The molecule has 0 atom stereocenters. The van der Waals surface area contributed by atoms with E-state index in [1.807, 2.05) is 31.4 Å². The number of piperidine rings is 1. The van der Waals surface area contributed by atoms with Crippen LogP contribution in [0.5, 0.6) is 5.75 Å². The molecule has 0 unspecified atom stereocenters. The molecule has 1 fully saturated rings. The van der Waals surface area contributed by atoms with Crippen molar-refractivity contribution in [3.63, 3.8) is 0 Å². The summed E-state index contributed by atoms with van der Waals surface area (Å²) in [6, 6.07) is 5.98. The first-order valence-corrected chi connectivity index (χ1v) is 9.59. The molecule has 0 saturated carbocycles. The maximum atomic E-state index is 12.3. The minimum absolute atomic E-state index is 0.184. The van der Waals surface area contributed by atoms with Gasteiger partial charge in [0, 0.05) is 30.8 Å². The molecule has 0 bridgehead atoms. The van der Waals surface area contributed by atoms with Crippen molar-refractivity contribution in [2.75, 3.05) is 18.0 Å². The van der Waals surface area contributed by atoms with E-state index in [9.17, 15) is 9.90 Å². The summed E-state index contributed by atoms with van der Waals surface area (Å²) < 4.78 is 0. The molecule has 1 N–H and O–H groups in total. The maximum absolute atomic E-state index is 12.3. The first-order valence-electron chi connectivity index (χ1n) is 8.71. The number of anilines is 1. The van der Waals surface area contributed by atoms with Crippen LogP contribution >= 0.6 is 11.3 Å².